The normalized spacial score (nSPS) is 31.5. The second-order valence-electron chi connectivity index (χ2n) is 4.48. The highest BCUT2D eigenvalue weighted by atomic mass is 16.6. The van der Waals surface area contributed by atoms with E-state index in [1.54, 1.807) is 0 Å². The minimum Gasteiger partial charge on any atom is -0.392 e. The highest BCUT2D eigenvalue weighted by molar-refractivity contribution is 5.90. The predicted molar refractivity (Wildman–Crippen MR) is 65.1 cm³/mol. The van der Waals surface area contributed by atoms with Crippen LogP contribution in [0.5, 0.6) is 0 Å². The molecule has 2 rings (SSSR count). The molecule has 0 aliphatic carbocycles. The first-order chi connectivity index (χ1) is 7.79. The summed E-state index contributed by atoms with van der Waals surface area (Å²) < 4.78 is 0. The van der Waals surface area contributed by atoms with Gasteiger partial charge in [0.05, 0.1) is 5.71 Å². The van der Waals surface area contributed by atoms with Crippen molar-refractivity contribution < 1.29 is 4.84 Å². The molecule has 16 heavy (non-hydrogen) atoms. The van der Waals surface area contributed by atoms with Gasteiger partial charge in [0.15, 0.2) is 0 Å². The van der Waals surface area contributed by atoms with E-state index in [0.29, 0.717) is 12.5 Å². The summed E-state index contributed by atoms with van der Waals surface area (Å²) in [6.45, 7) is 5.74. The summed E-state index contributed by atoms with van der Waals surface area (Å²) in [5, 5.41) is 4.23. The Bertz CT molecular complexity index is 351. The monoisotopic (exact) mass is 218 g/mol. The molecule has 0 aromatic heterocycles. The first-order valence-electron chi connectivity index (χ1n) is 5.84. The highest BCUT2D eigenvalue weighted by Gasteiger charge is 2.32. The SMILES string of the molecule is C#C/C(C)=C/CO/N=C1\CN2CCCC1C2. The summed E-state index contributed by atoms with van der Waals surface area (Å²) >= 11 is 0. The van der Waals surface area contributed by atoms with Crippen molar-refractivity contribution in [3.63, 3.8) is 0 Å². The van der Waals surface area contributed by atoms with Gasteiger partial charge in [0.25, 0.3) is 0 Å². The molecular formula is C13H18N2O. The number of terminal acetylenes is 1. The molecule has 0 aromatic rings. The largest absolute Gasteiger partial charge is 0.392 e. The first kappa shape index (κ1) is 11.2. The van der Waals surface area contributed by atoms with E-state index < -0.39 is 0 Å². The van der Waals surface area contributed by atoms with E-state index in [2.05, 4.69) is 16.0 Å². The van der Waals surface area contributed by atoms with Crippen molar-refractivity contribution in [2.24, 2.45) is 11.1 Å². The fourth-order valence-corrected chi connectivity index (χ4v) is 2.27. The molecule has 0 radical (unpaired) electrons. The maximum atomic E-state index is 5.29. The lowest BCUT2D eigenvalue weighted by Crippen LogP contribution is -2.25. The molecule has 0 saturated carbocycles. The summed E-state index contributed by atoms with van der Waals surface area (Å²) in [5.41, 5.74) is 2.11. The molecular weight excluding hydrogens is 200 g/mol. The summed E-state index contributed by atoms with van der Waals surface area (Å²) in [6.07, 6.45) is 9.66. The van der Waals surface area contributed by atoms with E-state index >= 15 is 0 Å². The zero-order valence-corrected chi connectivity index (χ0v) is 9.78. The first-order valence-corrected chi connectivity index (χ1v) is 5.84. The van der Waals surface area contributed by atoms with Crippen LogP contribution in [0, 0.1) is 18.3 Å². The lowest BCUT2D eigenvalue weighted by atomic mass is 9.99. The summed E-state index contributed by atoms with van der Waals surface area (Å²) in [6, 6.07) is 0. The van der Waals surface area contributed by atoms with Crippen LogP contribution in [0.2, 0.25) is 0 Å². The van der Waals surface area contributed by atoms with Gasteiger partial charge in [-0.2, -0.15) is 0 Å². The van der Waals surface area contributed by atoms with Gasteiger partial charge >= 0.3 is 0 Å². The molecule has 3 heteroatoms. The van der Waals surface area contributed by atoms with E-state index in [0.717, 1.165) is 12.1 Å². The Kier molecular flexibility index (Phi) is 3.63. The fourth-order valence-electron chi connectivity index (χ4n) is 2.27. The van der Waals surface area contributed by atoms with Gasteiger partial charge in [0.2, 0.25) is 0 Å². The van der Waals surface area contributed by atoms with Gasteiger partial charge in [-0.05, 0) is 38.0 Å². The third kappa shape index (κ3) is 2.65. The van der Waals surface area contributed by atoms with Crippen molar-refractivity contribution in [2.75, 3.05) is 26.2 Å². The number of hydrogen-bond acceptors (Lipinski definition) is 3. The molecule has 2 heterocycles. The van der Waals surface area contributed by atoms with Crippen LogP contribution < -0.4 is 0 Å². The van der Waals surface area contributed by atoms with Crippen LogP contribution in [0.25, 0.3) is 0 Å². The molecule has 0 spiro atoms. The lowest BCUT2D eigenvalue weighted by molar-refractivity contribution is 0.172. The van der Waals surface area contributed by atoms with Crippen LogP contribution in [0.15, 0.2) is 16.8 Å². The van der Waals surface area contributed by atoms with E-state index in [-0.39, 0.29) is 0 Å². The molecule has 86 valence electrons. The summed E-state index contributed by atoms with van der Waals surface area (Å²) in [7, 11) is 0. The zero-order chi connectivity index (χ0) is 11.4. The Balaban J connectivity index is 1.82. The van der Waals surface area contributed by atoms with Crippen LogP contribution >= 0.6 is 0 Å². The Morgan fingerprint density at radius 1 is 1.75 bits per heavy atom. The number of rotatable bonds is 3. The van der Waals surface area contributed by atoms with Crippen molar-refractivity contribution in [3.05, 3.63) is 11.6 Å². The van der Waals surface area contributed by atoms with Crippen molar-refractivity contribution >= 4 is 5.71 Å². The zero-order valence-electron chi connectivity index (χ0n) is 9.78. The van der Waals surface area contributed by atoms with E-state index in [4.69, 9.17) is 11.3 Å². The third-order valence-corrected chi connectivity index (χ3v) is 3.24. The standard InChI is InChI=1S/C13H18N2O/c1-3-11(2)6-8-16-14-13-10-15-7-4-5-12(13)9-15/h1,6,12H,4-5,7-10H2,2H3/b11-6+,14-13+. The molecule has 2 aliphatic rings. The molecule has 0 N–H and O–H groups in total. The Morgan fingerprint density at radius 3 is 3.38 bits per heavy atom. The van der Waals surface area contributed by atoms with Gasteiger partial charge in [0, 0.05) is 19.0 Å². The number of oxime groups is 1. The van der Waals surface area contributed by atoms with Crippen LogP contribution in [-0.2, 0) is 4.84 Å². The number of allylic oxidation sites excluding steroid dienone is 1. The second-order valence-corrected chi connectivity index (χ2v) is 4.48. The van der Waals surface area contributed by atoms with Crippen LogP contribution in [0.4, 0.5) is 0 Å². The Morgan fingerprint density at radius 2 is 2.62 bits per heavy atom. The third-order valence-electron chi connectivity index (χ3n) is 3.24. The van der Waals surface area contributed by atoms with Crippen molar-refractivity contribution in [1.29, 1.82) is 0 Å². The number of nitrogens with zero attached hydrogens (tertiary/aromatic N) is 2. The average Bonchev–Trinajstić information content (AvgIpc) is 2.59. The van der Waals surface area contributed by atoms with Gasteiger partial charge in [-0.3, -0.25) is 4.90 Å². The smallest absolute Gasteiger partial charge is 0.136 e. The van der Waals surface area contributed by atoms with Gasteiger partial charge < -0.3 is 4.84 Å². The van der Waals surface area contributed by atoms with Gasteiger partial charge in [0.1, 0.15) is 6.61 Å². The number of hydrogen-bond donors (Lipinski definition) is 0. The number of piperidine rings is 1. The average molecular weight is 218 g/mol. The summed E-state index contributed by atoms with van der Waals surface area (Å²) in [4.78, 5) is 7.73. The van der Waals surface area contributed by atoms with Crippen LogP contribution in [-0.4, -0.2) is 36.9 Å². The topological polar surface area (TPSA) is 24.8 Å². The van der Waals surface area contributed by atoms with Gasteiger partial charge in [-0.15, -0.1) is 6.42 Å². The Hall–Kier alpha value is -1.27. The molecule has 2 atom stereocenters. The van der Waals surface area contributed by atoms with E-state index in [1.807, 2.05) is 13.0 Å². The minimum atomic E-state index is 0.478. The summed E-state index contributed by atoms with van der Waals surface area (Å²) in [5.74, 6) is 3.19. The predicted octanol–water partition coefficient (Wildman–Crippen LogP) is 1.66. The van der Waals surface area contributed by atoms with E-state index in [9.17, 15) is 0 Å². The second kappa shape index (κ2) is 5.18. The quantitative estimate of drug-likeness (QED) is 0.409. The molecule has 0 amide bonds. The van der Waals surface area contributed by atoms with Crippen molar-refractivity contribution in [1.82, 2.24) is 4.90 Å². The maximum absolute atomic E-state index is 5.29. The maximum Gasteiger partial charge on any atom is 0.136 e. The molecule has 3 nitrogen and oxygen atoms in total. The lowest BCUT2D eigenvalue weighted by Gasteiger charge is -2.19. The molecule has 2 unspecified atom stereocenters. The minimum absolute atomic E-state index is 0.478. The van der Waals surface area contributed by atoms with E-state index in [1.165, 1.54) is 31.6 Å². The fraction of sp³-hybridized carbons (Fsp3) is 0.615. The van der Waals surface area contributed by atoms with Gasteiger partial charge in [-0.25, -0.2) is 0 Å². The van der Waals surface area contributed by atoms with Crippen molar-refractivity contribution in [2.45, 2.75) is 19.8 Å². The number of fused-ring (bicyclic) bond motifs is 2. The molecule has 2 saturated heterocycles. The van der Waals surface area contributed by atoms with Crippen LogP contribution in [0.3, 0.4) is 0 Å². The van der Waals surface area contributed by atoms with Crippen molar-refractivity contribution in [3.8, 4) is 12.3 Å². The Labute approximate surface area is 97.1 Å². The van der Waals surface area contributed by atoms with Gasteiger partial charge in [-0.1, -0.05) is 11.1 Å². The van der Waals surface area contributed by atoms with Crippen LogP contribution in [0.1, 0.15) is 19.8 Å². The molecule has 0 aromatic carbocycles. The molecule has 2 bridgehead atoms. The molecule has 2 aliphatic heterocycles. The molecule has 2 fully saturated rings. The highest BCUT2D eigenvalue weighted by Crippen LogP contribution is 2.24.